The second kappa shape index (κ2) is 8.55. The van der Waals surface area contributed by atoms with Crippen LogP contribution in [0.3, 0.4) is 0 Å². The fourth-order valence-corrected chi connectivity index (χ4v) is 1.70. The summed E-state index contributed by atoms with van der Waals surface area (Å²) < 4.78 is 12.0. The second-order valence-electron chi connectivity index (χ2n) is 4.16. The summed E-state index contributed by atoms with van der Waals surface area (Å²) in [6.07, 6.45) is 2.54. The number of nitrogen functional groups attached to an aromatic ring is 1. The zero-order chi connectivity index (χ0) is 14.1. The molecule has 108 valence electrons. The van der Waals surface area contributed by atoms with Gasteiger partial charge in [-0.25, -0.2) is 0 Å². The molecule has 6 heteroatoms. The third-order valence-electron chi connectivity index (χ3n) is 2.67. The van der Waals surface area contributed by atoms with E-state index in [9.17, 15) is 4.79 Å². The summed E-state index contributed by atoms with van der Waals surface area (Å²) in [4.78, 5) is 11.9. The van der Waals surface area contributed by atoms with E-state index in [-0.39, 0.29) is 5.91 Å². The SMILES string of the molecule is CCn1cc(N)cc1C(=O)NCCCOCCOC. The van der Waals surface area contributed by atoms with Crippen molar-refractivity contribution in [3.05, 3.63) is 18.0 Å². The minimum absolute atomic E-state index is 0.101. The molecule has 6 nitrogen and oxygen atoms in total. The van der Waals surface area contributed by atoms with E-state index >= 15 is 0 Å². The van der Waals surface area contributed by atoms with Gasteiger partial charge in [-0.2, -0.15) is 0 Å². The molecule has 0 saturated carbocycles. The Kier molecular flexibility index (Phi) is 6.99. The molecule has 0 radical (unpaired) electrons. The lowest BCUT2D eigenvalue weighted by atomic mass is 10.3. The van der Waals surface area contributed by atoms with Crippen molar-refractivity contribution in [1.29, 1.82) is 0 Å². The maximum atomic E-state index is 11.9. The van der Waals surface area contributed by atoms with Crippen molar-refractivity contribution in [3.8, 4) is 0 Å². The Labute approximate surface area is 113 Å². The van der Waals surface area contributed by atoms with Crippen molar-refractivity contribution in [2.24, 2.45) is 0 Å². The van der Waals surface area contributed by atoms with E-state index in [2.05, 4.69) is 5.32 Å². The Bertz CT molecular complexity index is 390. The normalized spacial score (nSPS) is 10.6. The standard InChI is InChI=1S/C13H23N3O3/c1-3-16-10-11(14)9-12(16)13(17)15-5-4-6-19-8-7-18-2/h9-10H,3-8,14H2,1-2H3,(H,15,17). The lowest BCUT2D eigenvalue weighted by Gasteiger charge is -2.08. The number of carbonyl (C=O) groups excluding carboxylic acids is 1. The summed E-state index contributed by atoms with van der Waals surface area (Å²) in [5, 5.41) is 2.85. The lowest BCUT2D eigenvalue weighted by molar-refractivity contribution is 0.0688. The van der Waals surface area contributed by atoms with E-state index in [0.717, 1.165) is 13.0 Å². The quantitative estimate of drug-likeness (QED) is 0.652. The summed E-state index contributed by atoms with van der Waals surface area (Å²) in [5.74, 6) is -0.101. The molecule has 0 spiro atoms. The van der Waals surface area contributed by atoms with Crippen molar-refractivity contribution < 1.29 is 14.3 Å². The van der Waals surface area contributed by atoms with Gasteiger partial charge < -0.3 is 25.1 Å². The van der Waals surface area contributed by atoms with Gasteiger partial charge in [0, 0.05) is 33.0 Å². The van der Waals surface area contributed by atoms with Crippen LogP contribution < -0.4 is 11.1 Å². The number of nitrogens with one attached hydrogen (secondary N) is 1. The van der Waals surface area contributed by atoms with Crippen LogP contribution in [-0.4, -0.2) is 43.9 Å². The summed E-state index contributed by atoms with van der Waals surface area (Å²) in [6, 6.07) is 1.69. The average molecular weight is 269 g/mol. The van der Waals surface area contributed by atoms with Gasteiger partial charge in [-0.1, -0.05) is 0 Å². The smallest absolute Gasteiger partial charge is 0.267 e. The molecule has 0 saturated heterocycles. The first-order valence-electron chi connectivity index (χ1n) is 6.49. The molecule has 0 aromatic carbocycles. The van der Waals surface area contributed by atoms with Crippen LogP contribution in [0.4, 0.5) is 5.69 Å². The summed E-state index contributed by atoms with van der Waals surface area (Å²) in [7, 11) is 1.64. The number of aromatic nitrogens is 1. The Morgan fingerprint density at radius 1 is 1.42 bits per heavy atom. The zero-order valence-electron chi connectivity index (χ0n) is 11.6. The van der Waals surface area contributed by atoms with Crippen molar-refractivity contribution in [2.45, 2.75) is 19.9 Å². The number of aryl methyl sites for hydroxylation is 1. The number of ether oxygens (including phenoxy) is 2. The average Bonchev–Trinajstić information content (AvgIpc) is 2.79. The van der Waals surface area contributed by atoms with E-state index < -0.39 is 0 Å². The van der Waals surface area contributed by atoms with Gasteiger partial charge in [0.15, 0.2) is 0 Å². The largest absolute Gasteiger partial charge is 0.397 e. The fraction of sp³-hybridized carbons (Fsp3) is 0.615. The van der Waals surface area contributed by atoms with Crippen molar-refractivity contribution in [2.75, 3.05) is 39.2 Å². The molecular formula is C13H23N3O3. The Morgan fingerprint density at radius 3 is 2.89 bits per heavy atom. The molecule has 1 rings (SSSR count). The molecule has 0 aliphatic heterocycles. The minimum atomic E-state index is -0.101. The van der Waals surface area contributed by atoms with Crippen LogP contribution in [0.15, 0.2) is 12.3 Å². The number of nitrogens with two attached hydrogens (primary N) is 1. The molecule has 1 amide bonds. The maximum Gasteiger partial charge on any atom is 0.267 e. The minimum Gasteiger partial charge on any atom is -0.397 e. The highest BCUT2D eigenvalue weighted by Crippen LogP contribution is 2.10. The predicted molar refractivity (Wildman–Crippen MR) is 74.2 cm³/mol. The maximum absolute atomic E-state index is 11.9. The first kappa shape index (κ1) is 15.5. The zero-order valence-corrected chi connectivity index (χ0v) is 11.6. The number of amides is 1. The van der Waals surface area contributed by atoms with Gasteiger partial charge in [0.1, 0.15) is 5.69 Å². The Balaban J connectivity index is 2.24. The van der Waals surface area contributed by atoms with Gasteiger partial charge in [-0.15, -0.1) is 0 Å². The number of rotatable bonds is 9. The van der Waals surface area contributed by atoms with E-state index in [1.807, 2.05) is 11.5 Å². The molecular weight excluding hydrogens is 246 g/mol. The van der Waals surface area contributed by atoms with Crippen LogP contribution in [0.1, 0.15) is 23.8 Å². The van der Waals surface area contributed by atoms with Crippen LogP contribution in [0.2, 0.25) is 0 Å². The van der Waals surface area contributed by atoms with Gasteiger partial charge in [0.05, 0.1) is 18.9 Å². The van der Waals surface area contributed by atoms with E-state index in [0.29, 0.717) is 37.7 Å². The molecule has 0 atom stereocenters. The topological polar surface area (TPSA) is 78.5 Å². The van der Waals surface area contributed by atoms with E-state index in [4.69, 9.17) is 15.2 Å². The molecule has 0 aliphatic carbocycles. The summed E-state index contributed by atoms with van der Waals surface area (Å²) >= 11 is 0. The number of nitrogens with zero attached hydrogens (tertiary/aromatic N) is 1. The van der Waals surface area contributed by atoms with Gasteiger partial charge in [0.25, 0.3) is 5.91 Å². The first-order valence-corrected chi connectivity index (χ1v) is 6.49. The molecule has 1 aromatic heterocycles. The number of hydrogen-bond donors (Lipinski definition) is 2. The molecule has 0 aliphatic rings. The van der Waals surface area contributed by atoms with Crippen molar-refractivity contribution >= 4 is 11.6 Å². The first-order chi connectivity index (χ1) is 9.19. The molecule has 19 heavy (non-hydrogen) atoms. The fourth-order valence-electron chi connectivity index (χ4n) is 1.70. The van der Waals surface area contributed by atoms with Crippen LogP contribution in [0.25, 0.3) is 0 Å². The third-order valence-corrected chi connectivity index (χ3v) is 2.67. The van der Waals surface area contributed by atoms with Crippen LogP contribution in [0.5, 0.6) is 0 Å². The molecule has 0 fully saturated rings. The summed E-state index contributed by atoms with van der Waals surface area (Å²) in [6.45, 7) is 5.07. The number of methoxy groups -OCH3 is 1. The van der Waals surface area contributed by atoms with Gasteiger partial charge in [0.2, 0.25) is 0 Å². The Hall–Kier alpha value is -1.53. The lowest BCUT2D eigenvalue weighted by Crippen LogP contribution is -2.27. The molecule has 0 bridgehead atoms. The summed E-state index contributed by atoms with van der Waals surface area (Å²) in [5.41, 5.74) is 6.89. The highest BCUT2D eigenvalue weighted by Gasteiger charge is 2.10. The van der Waals surface area contributed by atoms with E-state index in [1.54, 1.807) is 19.4 Å². The van der Waals surface area contributed by atoms with Gasteiger partial charge >= 0.3 is 0 Å². The highest BCUT2D eigenvalue weighted by atomic mass is 16.5. The predicted octanol–water partition coefficient (Wildman–Crippen LogP) is 0.873. The number of hydrogen-bond acceptors (Lipinski definition) is 4. The van der Waals surface area contributed by atoms with Crippen LogP contribution in [0, 0.1) is 0 Å². The molecule has 1 aromatic rings. The highest BCUT2D eigenvalue weighted by molar-refractivity contribution is 5.93. The molecule has 1 heterocycles. The van der Waals surface area contributed by atoms with Crippen LogP contribution >= 0.6 is 0 Å². The third kappa shape index (κ3) is 5.32. The molecule has 3 N–H and O–H groups in total. The number of carbonyl (C=O) groups is 1. The second-order valence-corrected chi connectivity index (χ2v) is 4.16. The van der Waals surface area contributed by atoms with Gasteiger partial charge in [-0.05, 0) is 19.4 Å². The Morgan fingerprint density at radius 2 is 2.21 bits per heavy atom. The van der Waals surface area contributed by atoms with E-state index in [1.165, 1.54) is 0 Å². The van der Waals surface area contributed by atoms with Crippen LogP contribution in [-0.2, 0) is 16.0 Å². The molecule has 0 unspecified atom stereocenters. The monoisotopic (exact) mass is 269 g/mol. The van der Waals surface area contributed by atoms with Crippen molar-refractivity contribution in [3.63, 3.8) is 0 Å². The number of anilines is 1. The van der Waals surface area contributed by atoms with Crippen molar-refractivity contribution in [1.82, 2.24) is 9.88 Å². The van der Waals surface area contributed by atoms with Gasteiger partial charge in [-0.3, -0.25) is 4.79 Å².